The van der Waals surface area contributed by atoms with Gasteiger partial charge in [0, 0.05) is 12.6 Å². The largest absolute Gasteiger partial charge is 0.378 e. The highest BCUT2D eigenvalue weighted by atomic mass is 16.5. The van der Waals surface area contributed by atoms with E-state index in [4.69, 9.17) is 4.74 Å². The Morgan fingerprint density at radius 2 is 2.36 bits per heavy atom. The molecule has 0 saturated carbocycles. The van der Waals surface area contributed by atoms with Crippen molar-refractivity contribution in [3.05, 3.63) is 0 Å². The Kier molecular flexibility index (Phi) is 3.87. The zero-order valence-corrected chi connectivity index (χ0v) is 7.60. The molecule has 11 heavy (non-hydrogen) atoms. The standard InChI is InChI=1S/C9H19NO/c1-8(10-2)7-9-5-3-4-6-11-9/h8-10H,3-7H2,1-2H3. The first kappa shape index (κ1) is 9.01. The van der Waals surface area contributed by atoms with Gasteiger partial charge < -0.3 is 10.1 Å². The average molecular weight is 157 g/mol. The Balaban J connectivity index is 2.13. The maximum Gasteiger partial charge on any atom is 0.0589 e. The number of hydrogen-bond donors (Lipinski definition) is 1. The summed E-state index contributed by atoms with van der Waals surface area (Å²) in [5.41, 5.74) is 0. The van der Waals surface area contributed by atoms with Gasteiger partial charge in [-0.05, 0) is 39.7 Å². The molecular formula is C9H19NO. The first-order chi connectivity index (χ1) is 5.33. The van der Waals surface area contributed by atoms with Crippen molar-refractivity contribution in [3.63, 3.8) is 0 Å². The van der Waals surface area contributed by atoms with E-state index in [1.54, 1.807) is 0 Å². The highest BCUT2D eigenvalue weighted by Crippen LogP contribution is 2.16. The molecule has 0 spiro atoms. The van der Waals surface area contributed by atoms with E-state index in [1.165, 1.54) is 19.3 Å². The minimum Gasteiger partial charge on any atom is -0.378 e. The molecule has 1 aliphatic heterocycles. The molecular weight excluding hydrogens is 138 g/mol. The molecule has 0 aliphatic carbocycles. The van der Waals surface area contributed by atoms with Crippen molar-refractivity contribution < 1.29 is 4.74 Å². The van der Waals surface area contributed by atoms with Gasteiger partial charge in [-0.3, -0.25) is 0 Å². The number of rotatable bonds is 3. The third-order valence-electron chi connectivity index (χ3n) is 2.38. The fraction of sp³-hybridized carbons (Fsp3) is 1.00. The highest BCUT2D eigenvalue weighted by molar-refractivity contribution is 4.69. The van der Waals surface area contributed by atoms with E-state index in [-0.39, 0.29) is 0 Å². The summed E-state index contributed by atoms with van der Waals surface area (Å²) in [6, 6.07) is 0.595. The number of ether oxygens (including phenoxy) is 1. The molecule has 2 nitrogen and oxygen atoms in total. The van der Waals surface area contributed by atoms with Gasteiger partial charge in [-0.25, -0.2) is 0 Å². The monoisotopic (exact) mass is 157 g/mol. The zero-order chi connectivity index (χ0) is 8.10. The lowest BCUT2D eigenvalue weighted by atomic mass is 10.0. The van der Waals surface area contributed by atoms with Crippen LogP contribution < -0.4 is 5.32 Å². The maximum atomic E-state index is 5.61. The van der Waals surface area contributed by atoms with Crippen LogP contribution in [0.3, 0.4) is 0 Å². The maximum absolute atomic E-state index is 5.61. The molecule has 2 unspecified atom stereocenters. The SMILES string of the molecule is CNC(C)CC1CCCCO1. The normalized spacial score (nSPS) is 28.4. The van der Waals surface area contributed by atoms with Crippen LogP contribution in [0, 0.1) is 0 Å². The lowest BCUT2D eigenvalue weighted by Crippen LogP contribution is -2.30. The van der Waals surface area contributed by atoms with Crippen LogP contribution >= 0.6 is 0 Å². The first-order valence-electron chi connectivity index (χ1n) is 4.62. The molecule has 66 valence electrons. The summed E-state index contributed by atoms with van der Waals surface area (Å²) >= 11 is 0. The van der Waals surface area contributed by atoms with Gasteiger partial charge in [-0.15, -0.1) is 0 Å². The fourth-order valence-corrected chi connectivity index (χ4v) is 1.51. The Morgan fingerprint density at radius 3 is 2.91 bits per heavy atom. The average Bonchev–Trinajstić information content (AvgIpc) is 2.06. The molecule has 0 radical (unpaired) electrons. The molecule has 0 aromatic heterocycles. The third kappa shape index (κ3) is 3.21. The van der Waals surface area contributed by atoms with E-state index < -0.39 is 0 Å². The van der Waals surface area contributed by atoms with E-state index in [0.717, 1.165) is 13.0 Å². The van der Waals surface area contributed by atoms with Gasteiger partial charge in [-0.1, -0.05) is 0 Å². The van der Waals surface area contributed by atoms with Crippen LogP contribution in [0.4, 0.5) is 0 Å². The van der Waals surface area contributed by atoms with Gasteiger partial charge in [0.05, 0.1) is 6.10 Å². The lowest BCUT2D eigenvalue weighted by Gasteiger charge is -2.24. The molecule has 0 amide bonds. The number of nitrogens with one attached hydrogen (secondary N) is 1. The van der Waals surface area contributed by atoms with Crippen molar-refractivity contribution in [3.8, 4) is 0 Å². The van der Waals surface area contributed by atoms with E-state index in [9.17, 15) is 0 Å². The van der Waals surface area contributed by atoms with Gasteiger partial charge in [0.25, 0.3) is 0 Å². The van der Waals surface area contributed by atoms with Gasteiger partial charge in [0.1, 0.15) is 0 Å². The Hall–Kier alpha value is -0.0800. The van der Waals surface area contributed by atoms with E-state index in [0.29, 0.717) is 12.1 Å². The van der Waals surface area contributed by atoms with E-state index >= 15 is 0 Å². The van der Waals surface area contributed by atoms with Gasteiger partial charge >= 0.3 is 0 Å². The predicted octanol–water partition coefficient (Wildman–Crippen LogP) is 1.55. The van der Waals surface area contributed by atoms with Crippen LogP contribution in [0.5, 0.6) is 0 Å². The summed E-state index contributed by atoms with van der Waals surface area (Å²) in [4.78, 5) is 0. The van der Waals surface area contributed by atoms with Crippen LogP contribution in [0.2, 0.25) is 0 Å². The van der Waals surface area contributed by atoms with Gasteiger partial charge in [0.2, 0.25) is 0 Å². The van der Waals surface area contributed by atoms with E-state index in [2.05, 4.69) is 12.2 Å². The van der Waals surface area contributed by atoms with Crippen LogP contribution in [-0.2, 0) is 4.74 Å². The minimum absolute atomic E-state index is 0.520. The Morgan fingerprint density at radius 1 is 1.55 bits per heavy atom. The summed E-state index contributed by atoms with van der Waals surface area (Å²) in [6.07, 6.45) is 5.54. The molecule has 1 rings (SSSR count). The quantitative estimate of drug-likeness (QED) is 0.671. The summed E-state index contributed by atoms with van der Waals surface area (Å²) in [6.45, 7) is 3.18. The Labute approximate surface area is 69.3 Å². The second kappa shape index (κ2) is 4.73. The first-order valence-corrected chi connectivity index (χ1v) is 4.62. The Bertz CT molecular complexity index is 99.7. The molecule has 1 N–H and O–H groups in total. The van der Waals surface area contributed by atoms with Crippen molar-refractivity contribution in [2.45, 2.75) is 44.8 Å². The molecule has 1 aliphatic rings. The number of hydrogen-bond acceptors (Lipinski definition) is 2. The molecule has 1 fully saturated rings. The molecule has 0 aromatic rings. The lowest BCUT2D eigenvalue weighted by molar-refractivity contribution is 0.00673. The van der Waals surface area contributed by atoms with Crippen LogP contribution in [0.15, 0.2) is 0 Å². The van der Waals surface area contributed by atoms with Crippen molar-refractivity contribution >= 4 is 0 Å². The van der Waals surface area contributed by atoms with Crippen molar-refractivity contribution in [1.82, 2.24) is 5.32 Å². The van der Waals surface area contributed by atoms with Crippen LogP contribution in [0.1, 0.15) is 32.6 Å². The van der Waals surface area contributed by atoms with E-state index in [1.807, 2.05) is 7.05 Å². The molecule has 2 atom stereocenters. The van der Waals surface area contributed by atoms with Crippen molar-refractivity contribution in [2.24, 2.45) is 0 Å². The topological polar surface area (TPSA) is 21.3 Å². The third-order valence-corrected chi connectivity index (χ3v) is 2.38. The van der Waals surface area contributed by atoms with Crippen molar-refractivity contribution in [1.29, 1.82) is 0 Å². The minimum atomic E-state index is 0.520. The van der Waals surface area contributed by atoms with Crippen LogP contribution in [-0.4, -0.2) is 25.8 Å². The summed E-state index contributed by atoms with van der Waals surface area (Å²) < 4.78 is 5.61. The van der Waals surface area contributed by atoms with Crippen molar-refractivity contribution in [2.75, 3.05) is 13.7 Å². The fourth-order valence-electron chi connectivity index (χ4n) is 1.51. The van der Waals surface area contributed by atoms with Gasteiger partial charge in [0.15, 0.2) is 0 Å². The molecule has 0 aromatic carbocycles. The molecule has 1 saturated heterocycles. The second-order valence-electron chi connectivity index (χ2n) is 3.41. The summed E-state index contributed by atoms with van der Waals surface area (Å²) in [5, 5.41) is 3.23. The zero-order valence-electron chi connectivity index (χ0n) is 7.60. The smallest absolute Gasteiger partial charge is 0.0589 e. The summed E-state index contributed by atoms with van der Waals surface area (Å²) in [5.74, 6) is 0. The molecule has 0 bridgehead atoms. The molecule has 1 heterocycles. The summed E-state index contributed by atoms with van der Waals surface area (Å²) in [7, 11) is 2.01. The van der Waals surface area contributed by atoms with Crippen LogP contribution in [0.25, 0.3) is 0 Å². The van der Waals surface area contributed by atoms with Gasteiger partial charge in [-0.2, -0.15) is 0 Å². The second-order valence-corrected chi connectivity index (χ2v) is 3.41. The molecule has 2 heteroatoms. The highest BCUT2D eigenvalue weighted by Gasteiger charge is 2.15. The predicted molar refractivity (Wildman–Crippen MR) is 46.7 cm³/mol.